The van der Waals surface area contributed by atoms with Crippen LogP contribution in [0.1, 0.15) is 5.76 Å². The molecule has 0 radical (unpaired) electrons. The van der Waals surface area contributed by atoms with Gasteiger partial charge in [0.15, 0.2) is 0 Å². The molecule has 5 aromatic heterocycles. The van der Waals surface area contributed by atoms with Gasteiger partial charge in [0.1, 0.15) is 18.4 Å². The molecule has 5 aromatic rings. The van der Waals surface area contributed by atoms with Gasteiger partial charge in [0.05, 0.1) is 29.1 Å². The molecule has 0 atom stereocenters. The van der Waals surface area contributed by atoms with Crippen LogP contribution in [0.15, 0.2) is 75.8 Å². The van der Waals surface area contributed by atoms with E-state index in [-0.39, 0.29) is 11.1 Å². The van der Waals surface area contributed by atoms with Gasteiger partial charge in [0, 0.05) is 24.0 Å². The molecule has 0 aliphatic rings. The number of fused-ring (bicyclic) bond motifs is 3. The first-order valence-corrected chi connectivity index (χ1v) is 8.13. The predicted molar refractivity (Wildman–Crippen MR) is 96.4 cm³/mol. The Balaban J connectivity index is 1.77. The monoisotopic (exact) mass is 360 g/mol. The minimum atomic E-state index is -0.311. The summed E-state index contributed by atoms with van der Waals surface area (Å²) in [7, 11) is 0. The second kappa shape index (κ2) is 5.77. The molecule has 5 heterocycles. The van der Waals surface area contributed by atoms with Gasteiger partial charge in [-0.15, -0.1) is 10.2 Å². The zero-order valence-electron chi connectivity index (χ0n) is 13.9. The lowest BCUT2D eigenvalue weighted by atomic mass is 10.1. The molecule has 9 heteroatoms. The van der Waals surface area contributed by atoms with Gasteiger partial charge in [0.25, 0.3) is 11.1 Å². The second-order valence-electron chi connectivity index (χ2n) is 5.98. The average molecular weight is 360 g/mol. The van der Waals surface area contributed by atoms with E-state index in [9.17, 15) is 9.59 Å². The fourth-order valence-electron chi connectivity index (χ4n) is 3.13. The highest BCUT2D eigenvalue weighted by Gasteiger charge is 2.13. The van der Waals surface area contributed by atoms with E-state index in [0.29, 0.717) is 34.0 Å². The van der Waals surface area contributed by atoms with Crippen molar-refractivity contribution in [3.63, 3.8) is 0 Å². The molecule has 0 saturated heterocycles. The minimum Gasteiger partial charge on any atom is -0.467 e. The van der Waals surface area contributed by atoms with Gasteiger partial charge in [-0.3, -0.25) is 14.6 Å². The summed E-state index contributed by atoms with van der Waals surface area (Å²) in [5.41, 5.74) is -0.0361. The van der Waals surface area contributed by atoms with Gasteiger partial charge < -0.3 is 8.98 Å². The highest BCUT2D eigenvalue weighted by Crippen LogP contribution is 2.18. The van der Waals surface area contributed by atoms with Crippen LogP contribution in [0.25, 0.3) is 21.7 Å². The van der Waals surface area contributed by atoms with Crippen LogP contribution in [-0.2, 0) is 6.54 Å². The zero-order chi connectivity index (χ0) is 18.4. The molecule has 0 fully saturated rings. The topological polar surface area (TPSA) is 101 Å². The summed E-state index contributed by atoms with van der Waals surface area (Å²) in [5, 5.41) is 8.72. The van der Waals surface area contributed by atoms with Crippen molar-refractivity contribution in [1.29, 1.82) is 0 Å². The standard InChI is InChI=1S/C18H12N6O3/c25-17-14-8-19-15-4-6-24(23-10-20-21-11-23)18(26)16(15)13(14)3-5-22(17)9-12-2-1-7-27-12/h1-8,10-11H,9H2. The summed E-state index contributed by atoms with van der Waals surface area (Å²) in [6, 6.07) is 7.03. The largest absolute Gasteiger partial charge is 0.467 e. The molecule has 0 aliphatic heterocycles. The van der Waals surface area contributed by atoms with Crippen molar-refractivity contribution in [2.75, 3.05) is 0 Å². The number of furan rings is 1. The Bertz CT molecular complexity index is 1380. The Morgan fingerprint density at radius 1 is 0.963 bits per heavy atom. The van der Waals surface area contributed by atoms with E-state index < -0.39 is 0 Å². The maximum atomic E-state index is 13.0. The van der Waals surface area contributed by atoms with E-state index in [1.165, 1.54) is 32.8 Å². The van der Waals surface area contributed by atoms with Gasteiger partial charge in [-0.1, -0.05) is 0 Å². The molecule has 0 N–H and O–H groups in total. The van der Waals surface area contributed by atoms with Gasteiger partial charge in [-0.05, 0) is 24.3 Å². The molecule has 0 unspecified atom stereocenters. The van der Waals surface area contributed by atoms with Crippen LogP contribution >= 0.6 is 0 Å². The Kier molecular flexibility index (Phi) is 3.26. The summed E-state index contributed by atoms with van der Waals surface area (Å²) in [6.45, 7) is 0.305. The smallest absolute Gasteiger partial charge is 0.279 e. The first-order chi connectivity index (χ1) is 13.2. The lowest BCUT2D eigenvalue weighted by molar-refractivity contribution is 0.490. The quantitative estimate of drug-likeness (QED) is 0.449. The van der Waals surface area contributed by atoms with Crippen LogP contribution in [0.2, 0.25) is 0 Å². The molecule has 5 rings (SSSR count). The lowest BCUT2D eigenvalue weighted by Crippen LogP contribution is -2.26. The Morgan fingerprint density at radius 2 is 1.81 bits per heavy atom. The number of nitrogens with zero attached hydrogens (tertiary/aromatic N) is 6. The van der Waals surface area contributed by atoms with Crippen LogP contribution < -0.4 is 11.1 Å². The first-order valence-electron chi connectivity index (χ1n) is 8.13. The lowest BCUT2D eigenvalue weighted by Gasteiger charge is -2.09. The molecule has 0 bridgehead atoms. The van der Waals surface area contributed by atoms with Crippen LogP contribution in [-0.4, -0.2) is 29.1 Å². The van der Waals surface area contributed by atoms with Crippen molar-refractivity contribution in [2.24, 2.45) is 0 Å². The summed E-state index contributed by atoms with van der Waals surface area (Å²) in [4.78, 5) is 30.2. The molecule has 9 nitrogen and oxygen atoms in total. The zero-order valence-corrected chi connectivity index (χ0v) is 13.9. The molecule has 0 amide bonds. The maximum Gasteiger partial charge on any atom is 0.279 e. The number of hydrogen-bond acceptors (Lipinski definition) is 6. The Morgan fingerprint density at radius 3 is 2.59 bits per heavy atom. The summed E-state index contributed by atoms with van der Waals surface area (Å²) < 4.78 is 9.65. The molecule has 0 saturated carbocycles. The molecular weight excluding hydrogens is 348 g/mol. The van der Waals surface area contributed by atoms with E-state index >= 15 is 0 Å². The molecule has 0 aliphatic carbocycles. The molecule has 27 heavy (non-hydrogen) atoms. The van der Waals surface area contributed by atoms with E-state index in [1.807, 2.05) is 0 Å². The van der Waals surface area contributed by atoms with Crippen LogP contribution in [0.3, 0.4) is 0 Å². The van der Waals surface area contributed by atoms with Gasteiger partial charge in [-0.25, -0.2) is 9.35 Å². The van der Waals surface area contributed by atoms with Crippen LogP contribution in [0.5, 0.6) is 0 Å². The summed E-state index contributed by atoms with van der Waals surface area (Å²) in [6.07, 6.45) is 9.14. The van der Waals surface area contributed by atoms with Gasteiger partial charge in [0.2, 0.25) is 0 Å². The van der Waals surface area contributed by atoms with Crippen molar-refractivity contribution in [3.05, 3.63) is 88.2 Å². The molecule has 0 spiro atoms. The Hall–Kier alpha value is -4.01. The number of rotatable bonds is 3. The van der Waals surface area contributed by atoms with E-state index in [0.717, 1.165) is 0 Å². The van der Waals surface area contributed by atoms with Crippen LogP contribution in [0, 0.1) is 0 Å². The van der Waals surface area contributed by atoms with Crippen molar-refractivity contribution < 1.29 is 4.42 Å². The summed E-state index contributed by atoms with van der Waals surface area (Å²) in [5.74, 6) is 0.667. The van der Waals surface area contributed by atoms with Crippen molar-refractivity contribution >= 4 is 21.7 Å². The Labute approximate surface area is 150 Å². The third-order valence-electron chi connectivity index (χ3n) is 4.42. The normalized spacial score (nSPS) is 11.4. The first kappa shape index (κ1) is 15.3. The molecular formula is C18H12N6O3. The van der Waals surface area contributed by atoms with E-state index in [1.54, 1.807) is 42.9 Å². The number of aromatic nitrogens is 6. The average Bonchev–Trinajstić information content (AvgIpc) is 3.38. The van der Waals surface area contributed by atoms with Gasteiger partial charge >= 0.3 is 0 Å². The fourth-order valence-corrected chi connectivity index (χ4v) is 3.13. The number of hydrogen-bond donors (Lipinski definition) is 0. The second-order valence-corrected chi connectivity index (χ2v) is 5.98. The van der Waals surface area contributed by atoms with Crippen molar-refractivity contribution in [2.45, 2.75) is 6.54 Å². The minimum absolute atomic E-state index is 0.239. The molecule has 0 aromatic carbocycles. The number of pyridine rings is 3. The highest BCUT2D eigenvalue weighted by molar-refractivity contribution is 6.04. The fraction of sp³-hybridized carbons (Fsp3) is 0.0556. The van der Waals surface area contributed by atoms with Crippen LogP contribution in [0.4, 0.5) is 0 Å². The van der Waals surface area contributed by atoms with Gasteiger partial charge in [-0.2, -0.15) is 0 Å². The third kappa shape index (κ3) is 2.36. The predicted octanol–water partition coefficient (Wildman–Crippen LogP) is 1.26. The SMILES string of the molecule is O=c1c2cnc3ccn(-n4cnnc4)c(=O)c3c2ccn1Cc1ccco1. The van der Waals surface area contributed by atoms with Crippen molar-refractivity contribution in [3.8, 4) is 0 Å². The van der Waals surface area contributed by atoms with Crippen molar-refractivity contribution in [1.82, 2.24) is 29.1 Å². The molecule has 132 valence electrons. The maximum absolute atomic E-state index is 13.0. The van der Waals surface area contributed by atoms with E-state index in [2.05, 4.69) is 15.2 Å². The summed E-state index contributed by atoms with van der Waals surface area (Å²) >= 11 is 0. The van der Waals surface area contributed by atoms with E-state index in [4.69, 9.17) is 4.42 Å². The highest BCUT2D eigenvalue weighted by atomic mass is 16.3. The third-order valence-corrected chi connectivity index (χ3v) is 4.42.